The fraction of sp³-hybridized carbons (Fsp3) is 0.273. The van der Waals surface area contributed by atoms with Gasteiger partial charge in [0.15, 0.2) is 17.5 Å². The Labute approximate surface area is 95.7 Å². The van der Waals surface area contributed by atoms with Gasteiger partial charge in [-0.25, -0.2) is 13.2 Å². The predicted molar refractivity (Wildman–Crippen MR) is 56.1 cm³/mol. The van der Waals surface area contributed by atoms with E-state index in [2.05, 4.69) is 0 Å². The highest BCUT2D eigenvalue weighted by Gasteiger charge is 2.17. The van der Waals surface area contributed by atoms with Gasteiger partial charge in [-0.2, -0.15) is 0 Å². The molecule has 0 aliphatic rings. The first kappa shape index (κ1) is 13.2. The summed E-state index contributed by atoms with van der Waals surface area (Å²) in [5.74, 6) is -4.75. The molecule has 0 spiro atoms. The summed E-state index contributed by atoms with van der Waals surface area (Å²) in [5.41, 5.74) is -0.280. The lowest BCUT2D eigenvalue weighted by Gasteiger charge is -2.03. The van der Waals surface area contributed by atoms with E-state index >= 15 is 0 Å². The topological polar surface area (TPSA) is 43.1 Å². The highest BCUT2D eigenvalue weighted by Crippen LogP contribution is 2.19. The van der Waals surface area contributed by atoms with E-state index in [4.69, 9.17) is 0 Å². The molecule has 1 aromatic carbocycles. The van der Waals surface area contributed by atoms with Crippen molar-refractivity contribution in [3.05, 3.63) is 51.0 Å². The number of hydrogen-bond donors (Lipinski definition) is 0. The molecule has 6 heteroatoms. The first-order chi connectivity index (χ1) is 7.82. The summed E-state index contributed by atoms with van der Waals surface area (Å²) >= 11 is 0. The van der Waals surface area contributed by atoms with Crippen LogP contribution in [0.5, 0.6) is 0 Å². The predicted octanol–water partition coefficient (Wildman–Crippen LogP) is 3.38. The largest absolute Gasteiger partial charge is 0.259 e. The van der Waals surface area contributed by atoms with Crippen LogP contribution in [0.2, 0.25) is 0 Å². The first-order valence-corrected chi connectivity index (χ1v) is 4.83. The molecule has 1 aromatic rings. The van der Waals surface area contributed by atoms with Crippen LogP contribution < -0.4 is 0 Å². The van der Waals surface area contributed by atoms with E-state index in [-0.39, 0.29) is 11.3 Å². The van der Waals surface area contributed by atoms with Crippen LogP contribution in [0.15, 0.2) is 17.8 Å². The van der Waals surface area contributed by atoms with Crippen molar-refractivity contribution in [2.75, 3.05) is 0 Å². The number of allylic oxidation sites excluding steroid dienone is 1. The maximum absolute atomic E-state index is 12.9. The van der Waals surface area contributed by atoms with Gasteiger partial charge in [0, 0.05) is 12.0 Å². The number of halogens is 3. The van der Waals surface area contributed by atoms with Crippen LogP contribution >= 0.6 is 0 Å². The molecular formula is C11H10F3NO2. The lowest BCUT2D eigenvalue weighted by Crippen LogP contribution is -2.05. The van der Waals surface area contributed by atoms with Crippen LogP contribution in [0.1, 0.15) is 19.4 Å². The fourth-order valence-electron chi connectivity index (χ4n) is 1.26. The monoisotopic (exact) mass is 245 g/mol. The van der Waals surface area contributed by atoms with E-state index in [1.54, 1.807) is 13.8 Å². The molecule has 0 unspecified atom stereocenters. The second kappa shape index (κ2) is 4.99. The van der Waals surface area contributed by atoms with Crippen molar-refractivity contribution in [1.82, 2.24) is 0 Å². The molecule has 92 valence electrons. The van der Waals surface area contributed by atoms with Gasteiger partial charge in [-0.3, -0.25) is 10.1 Å². The molecule has 0 aromatic heterocycles. The summed E-state index contributed by atoms with van der Waals surface area (Å²) < 4.78 is 38.4. The summed E-state index contributed by atoms with van der Waals surface area (Å²) in [6.45, 7) is 3.15. The van der Waals surface area contributed by atoms with Crippen molar-refractivity contribution in [2.45, 2.75) is 13.8 Å². The zero-order valence-electron chi connectivity index (χ0n) is 9.21. The van der Waals surface area contributed by atoms with Crippen molar-refractivity contribution in [1.29, 1.82) is 0 Å². The molecule has 0 aliphatic carbocycles. The molecule has 1 rings (SSSR count). The van der Waals surface area contributed by atoms with Crippen LogP contribution in [-0.2, 0) is 0 Å². The highest BCUT2D eigenvalue weighted by molar-refractivity contribution is 5.51. The van der Waals surface area contributed by atoms with Crippen molar-refractivity contribution < 1.29 is 18.1 Å². The second-order valence-electron chi connectivity index (χ2n) is 3.78. The molecule has 0 aliphatic heterocycles. The van der Waals surface area contributed by atoms with Gasteiger partial charge in [0.05, 0.1) is 4.92 Å². The molecule has 0 N–H and O–H groups in total. The number of nitrogens with zero attached hydrogens (tertiary/aromatic N) is 1. The average Bonchev–Trinajstić information content (AvgIpc) is 2.21. The van der Waals surface area contributed by atoms with Gasteiger partial charge in [-0.05, 0) is 17.7 Å². The summed E-state index contributed by atoms with van der Waals surface area (Å²) in [6.07, 6.45) is 1.02. The maximum atomic E-state index is 12.9. The van der Waals surface area contributed by atoms with E-state index in [0.717, 1.165) is 6.08 Å². The fourth-order valence-corrected chi connectivity index (χ4v) is 1.26. The summed E-state index contributed by atoms with van der Waals surface area (Å²) in [6, 6.07) is 1.43. The molecule has 17 heavy (non-hydrogen) atoms. The molecule has 0 fully saturated rings. The normalized spacial score (nSPS) is 12.0. The van der Waals surface area contributed by atoms with Gasteiger partial charge in [0.2, 0.25) is 5.70 Å². The van der Waals surface area contributed by atoms with Crippen molar-refractivity contribution in [3.63, 3.8) is 0 Å². The number of nitro groups is 1. The zero-order valence-corrected chi connectivity index (χ0v) is 9.21. The Morgan fingerprint density at radius 2 is 1.76 bits per heavy atom. The Balaban J connectivity index is 3.26. The summed E-state index contributed by atoms with van der Waals surface area (Å²) in [5, 5.41) is 10.7. The third kappa shape index (κ3) is 3.05. The van der Waals surface area contributed by atoms with Gasteiger partial charge in [0.1, 0.15) is 0 Å². The van der Waals surface area contributed by atoms with E-state index in [1.807, 2.05) is 0 Å². The smallest absolute Gasteiger partial charge is 0.249 e. The molecule has 0 radical (unpaired) electrons. The number of rotatable bonds is 3. The summed E-state index contributed by atoms with van der Waals surface area (Å²) in [7, 11) is 0. The Morgan fingerprint density at radius 3 is 2.12 bits per heavy atom. The average molecular weight is 245 g/mol. The molecule has 0 atom stereocenters. The lowest BCUT2D eigenvalue weighted by molar-refractivity contribution is -0.431. The SMILES string of the molecule is CC(C)/C(=C/c1cc(F)c(F)c(F)c1)[N+](=O)[O-]. The third-order valence-electron chi connectivity index (χ3n) is 2.12. The third-order valence-corrected chi connectivity index (χ3v) is 2.12. The molecule has 0 saturated heterocycles. The molecule has 0 heterocycles. The van der Waals surface area contributed by atoms with Crippen LogP contribution in [0, 0.1) is 33.5 Å². The first-order valence-electron chi connectivity index (χ1n) is 4.83. The number of benzene rings is 1. The van der Waals surface area contributed by atoms with Crippen molar-refractivity contribution >= 4 is 6.08 Å². The van der Waals surface area contributed by atoms with E-state index < -0.39 is 28.3 Å². The zero-order chi connectivity index (χ0) is 13.2. The van der Waals surface area contributed by atoms with Gasteiger partial charge >= 0.3 is 0 Å². The van der Waals surface area contributed by atoms with Crippen LogP contribution in [0.25, 0.3) is 6.08 Å². The maximum Gasteiger partial charge on any atom is 0.249 e. The molecule has 0 saturated carbocycles. The Bertz CT molecular complexity index is 461. The summed E-state index contributed by atoms with van der Waals surface area (Å²) in [4.78, 5) is 10.0. The van der Waals surface area contributed by atoms with E-state index in [0.29, 0.717) is 12.1 Å². The minimum atomic E-state index is -1.59. The van der Waals surface area contributed by atoms with Crippen molar-refractivity contribution in [2.24, 2.45) is 5.92 Å². The highest BCUT2D eigenvalue weighted by atomic mass is 19.2. The molecular weight excluding hydrogens is 235 g/mol. The molecule has 0 bridgehead atoms. The van der Waals surface area contributed by atoms with Crippen LogP contribution in [0.3, 0.4) is 0 Å². The van der Waals surface area contributed by atoms with E-state index in [1.165, 1.54) is 0 Å². The van der Waals surface area contributed by atoms with Gasteiger partial charge in [-0.1, -0.05) is 13.8 Å². The van der Waals surface area contributed by atoms with Crippen LogP contribution in [0.4, 0.5) is 13.2 Å². The Hall–Kier alpha value is -1.85. The molecule has 0 amide bonds. The molecule has 3 nitrogen and oxygen atoms in total. The lowest BCUT2D eigenvalue weighted by atomic mass is 10.1. The number of hydrogen-bond acceptors (Lipinski definition) is 2. The second-order valence-corrected chi connectivity index (χ2v) is 3.78. The van der Waals surface area contributed by atoms with Gasteiger partial charge < -0.3 is 0 Å². The quantitative estimate of drug-likeness (QED) is 0.465. The van der Waals surface area contributed by atoms with E-state index in [9.17, 15) is 23.3 Å². The Morgan fingerprint density at radius 1 is 1.29 bits per heavy atom. The van der Waals surface area contributed by atoms with Gasteiger partial charge in [0.25, 0.3) is 0 Å². The van der Waals surface area contributed by atoms with Gasteiger partial charge in [-0.15, -0.1) is 0 Å². The van der Waals surface area contributed by atoms with Crippen molar-refractivity contribution in [3.8, 4) is 0 Å². The standard InChI is InChI=1S/C11H10F3NO2/c1-6(2)10(15(16)17)5-7-3-8(12)11(14)9(13)4-7/h3-6H,1-2H3/b10-5-. The minimum absolute atomic E-state index is 0.0817. The van der Waals surface area contributed by atoms with Crippen LogP contribution in [-0.4, -0.2) is 4.92 Å². The minimum Gasteiger partial charge on any atom is -0.259 e. The Kier molecular flexibility index (Phi) is 3.88.